The molecule has 38 heavy (non-hydrogen) atoms. The summed E-state index contributed by atoms with van der Waals surface area (Å²) in [6.45, 7) is 2.32. The Balaban J connectivity index is 1.12. The summed E-state index contributed by atoms with van der Waals surface area (Å²) in [5, 5.41) is 16.9. The number of aliphatic carboxylic acids is 1. The van der Waals surface area contributed by atoms with Crippen LogP contribution < -0.4 is 10.1 Å². The Hall–Kier alpha value is -4.27. The lowest BCUT2D eigenvalue weighted by Gasteiger charge is -2.27. The van der Waals surface area contributed by atoms with Crippen molar-refractivity contribution in [1.29, 1.82) is 0 Å². The fraction of sp³-hybridized carbons (Fsp3) is 0.345. The number of carboxylic acids is 1. The molecule has 2 aliphatic carbocycles. The molecule has 6 rings (SSSR count). The van der Waals surface area contributed by atoms with Gasteiger partial charge in [0.15, 0.2) is 5.76 Å². The van der Waals surface area contributed by atoms with Crippen molar-refractivity contribution < 1.29 is 19.2 Å². The molecule has 2 N–H and O–H groups in total. The van der Waals surface area contributed by atoms with Crippen molar-refractivity contribution in [2.75, 3.05) is 5.32 Å². The van der Waals surface area contributed by atoms with Crippen molar-refractivity contribution in [3.63, 3.8) is 0 Å². The minimum atomic E-state index is -0.691. The molecule has 2 aliphatic rings. The average Bonchev–Trinajstić information content (AvgIpc) is 3.44. The third kappa shape index (κ3) is 4.83. The van der Waals surface area contributed by atoms with E-state index in [1.807, 2.05) is 55.5 Å². The van der Waals surface area contributed by atoms with E-state index in [0.717, 1.165) is 48.2 Å². The Morgan fingerprint density at radius 2 is 2.00 bits per heavy atom. The van der Waals surface area contributed by atoms with Crippen LogP contribution in [0.1, 0.15) is 43.4 Å². The number of ether oxygens (including phenoxy) is 1. The van der Waals surface area contributed by atoms with Gasteiger partial charge in [-0.05, 0) is 50.8 Å². The highest BCUT2D eigenvalue weighted by molar-refractivity contribution is 5.70. The molecule has 2 saturated carbocycles. The Kier molecular flexibility index (Phi) is 6.27. The second-order valence-electron chi connectivity index (χ2n) is 10.2. The van der Waals surface area contributed by atoms with Gasteiger partial charge in [-0.3, -0.25) is 4.79 Å². The van der Waals surface area contributed by atoms with Crippen LogP contribution in [0.25, 0.3) is 22.7 Å². The number of hydrogen-bond acceptors (Lipinski definition) is 8. The summed E-state index contributed by atoms with van der Waals surface area (Å²) in [6.07, 6.45) is 7.82. The number of carboxylic acid groups (broad SMARTS) is 1. The van der Waals surface area contributed by atoms with Crippen molar-refractivity contribution in [2.45, 2.75) is 51.7 Å². The van der Waals surface area contributed by atoms with Gasteiger partial charge in [0.25, 0.3) is 0 Å². The fourth-order valence-corrected chi connectivity index (χ4v) is 5.49. The van der Waals surface area contributed by atoms with E-state index in [1.54, 1.807) is 12.4 Å². The Morgan fingerprint density at radius 3 is 2.79 bits per heavy atom. The molecular weight excluding hydrogens is 482 g/mol. The molecule has 2 fully saturated rings. The predicted molar refractivity (Wildman–Crippen MR) is 140 cm³/mol. The summed E-state index contributed by atoms with van der Waals surface area (Å²) in [5.74, 6) is 0.825. The molecule has 0 aliphatic heterocycles. The highest BCUT2D eigenvalue weighted by Gasteiger charge is 2.58. The summed E-state index contributed by atoms with van der Waals surface area (Å²) in [4.78, 5) is 25.0. The Bertz CT molecular complexity index is 1440. The smallest absolute Gasteiger partial charge is 0.306 e. The number of aryl methyl sites for hydroxylation is 1. The summed E-state index contributed by atoms with van der Waals surface area (Å²) in [6, 6.07) is 15.6. The van der Waals surface area contributed by atoms with Crippen molar-refractivity contribution in [3.8, 4) is 28.5 Å². The summed E-state index contributed by atoms with van der Waals surface area (Å²) >= 11 is 0. The van der Waals surface area contributed by atoms with Crippen molar-refractivity contribution in [2.24, 2.45) is 11.3 Å². The maximum atomic E-state index is 11.5. The standard InChI is InChI=1S/C29H29N5O4/c1-18-22(17-32-28-30-13-11-23(33-28)19-6-3-2-4-7-19)26(38-34-18)24-10-9-21(16-31-24)37-25-15-29(25)12-5-8-20(14-29)27(35)36/h2-4,6-7,9-11,13,16,20,25H,5,8,12,14-15,17H2,1H3,(H,35,36)(H,30,32,33)/t20-,25?,29-/m0/s1. The van der Waals surface area contributed by atoms with Gasteiger partial charge in [-0.2, -0.15) is 0 Å². The van der Waals surface area contributed by atoms with E-state index in [9.17, 15) is 9.90 Å². The highest BCUT2D eigenvalue weighted by Crippen LogP contribution is 2.59. The van der Waals surface area contributed by atoms with E-state index in [-0.39, 0.29) is 17.4 Å². The lowest BCUT2D eigenvalue weighted by molar-refractivity contribution is -0.143. The van der Waals surface area contributed by atoms with Crippen LogP contribution in [-0.4, -0.2) is 37.3 Å². The van der Waals surface area contributed by atoms with Gasteiger partial charge in [0.05, 0.1) is 23.5 Å². The van der Waals surface area contributed by atoms with Crippen molar-refractivity contribution in [3.05, 3.63) is 72.2 Å². The molecule has 194 valence electrons. The monoisotopic (exact) mass is 511 g/mol. The zero-order valence-corrected chi connectivity index (χ0v) is 21.1. The summed E-state index contributed by atoms with van der Waals surface area (Å²) in [5.41, 5.74) is 4.16. The van der Waals surface area contributed by atoms with Gasteiger partial charge in [0.2, 0.25) is 5.95 Å². The Morgan fingerprint density at radius 1 is 1.13 bits per heavy atom. The molecule has 9 heteroatoms. The number of rotatable bonds is 8. The lowest BCUT2D eigenvalue weighted by Crippen LogP contribution is -2.26. The summed E-state index contributed by atoms with van der Waals surface area (Å²) < 4.78 is 11.8. The third-order valence-electron chi connectivity index (χ3n) is 7.72. The van der Waals surface area contributed by atoms with E-state index < -0.39 is 5.97 Å². The van der Waals surface area contributed by atoms with Gasteiger partial charge in [0, 0.05) is 29.3 Å². The molecule has 1 unspecified atom stereocenters. The lowest BCUT2D eigenvalue weighted by atomic mass is 9.79. The third-order valence-corrected chi connectivity index (χ3v) is 7.72. The first-order chi connectivity index (χ1) is 18.5. The van der Waals surface area contributed by atoms with Crippen LogP contribution in [0.4, 0.5) is 5.95 Å². The minimum absolute atomic E-state index is 0.000740. The number of benzene rings is 1. The second-order valence-corrected chi connectivity index (χ2v) is 10.2. The number of hydrogen-bond donors (Lipinski definition) is 2. The normalized spacial score (nSPS) is 22.2. The van der Waals surface area contributed by atoms with Crippen molar-refractivity contribution >= 4 is 11.9 Å². The van der Waals surface area contributed by atoms with Gasteiger partial charge in [-0.1, -0.05) is 41.9 Å². The molecule has 3 atom stereocenters. The fourth-order valence-electron chi connectivity index (χ4n) is 5.49. The number of nitrogens with zero attached hydrogens (tertiary/aromatic N) is 4. The molecular formula is C29H29N5O4. The first kappa shape index (κ1) is 24.1. The molecule has 1 spiro atoms. The van der Waals surface area contributed by atoms with Gasteiger partial charge >= 0.3 is 5.97 Å². The van der Waals surface area contributed by atoms with E-state index in [2.05, 4.69) is 25.4 Å². The molecule has 0 saturated heterocycles. The van der Waals surface area contributed by atoms with Crippen LogP contribution in [-0.2, 0) is 11.3 Å². The van der Waals surface area contributed by atoms with E-state index in [0.29, 0.717) is 36.1 Å². The summed E-state index contributed by atoms with van der Waals surface area (Å²) in [7, 11) is 0. The first-order valence-electron chi connectivity index (χ1n) is 12.9. The predicted octanol–water partition coefficient (Wildman–Crippen LogP) is 5.53. The molecule has 0 bridgehead atoms. The second kappa shape index (κ2) is 9.89. The van der Waals surface area contributed by atoms with Gasteiger partial charge < -0.3 is 19.7 Å². The van der Waals surface area contributed by atoms with Crippen LogP contribution in [0.15, 0.2) is 65.4 Å². The van der Waals surface area contributed by atoms with Crippen LogP contribution in [0, 0.1) is 18.3 Å². The Labute approximate surface area is 220 Å². The number of nitrogens with one attached hydrogen (secondary N) is 1. The number of aromatic nitrogens is 4. The first-order valence-corrected chi connectivity index (χ1v) is 12.9. The van der Waals surface area contributed by atoms with Crippen LogP contribution in [0.3, 0.4) is 0 Å². The SMILES string of the molecule is Cc1noc(-c2ccc(OC3C[C@@]34CCC[C@H](C(=O)O)C4)cn2)c1CNc1nccc(-c2ccccc2)n1. The van der Waals surface area contributed by atoms with Gasteiger partial charge in [0.1, 0.15) is 17.5 Å². The number of carbonyl (C=O) groups is 1. The quantitative estimate of drug-likeness (QED) is 0.314. The van der Waals surface area contributed by atoms with E-state index >= 15 is 0 Å². The van der Waals surface area contributed by atoms with Gasteiger partial charge in [-0.15, -0.1) is 0 Å². The zero-order chi connectivity index (χ0) is 26.1. The van der Waals surface area contributed by atoms with Crippen molar-refractivity contribution in [1.82, 2.24) is 20.1 Å². The molecule has 0 amide bonds. The number of anilines is 1. The molecule has 3 heterocycles. The molecule has 9 nitrogen and oxygen atoms in total. The van der Waals surface area contributed by atoms with Crippen LogP contribution >= 0.6 is 0 Å². The number of pyridine rings is 1. The minimum Gasteiger partial charge on any atom is -0.488 e. The van der Waals surface area contributed by atoms with E-state index in [1.165, 1.54) is 0 Å². The highest BCUT2D eigenvalue weighted by atomic mass is 16.5. The maximum Gasteiger partial charge on any atom is 0.306 e. The molecule has 3 aromatic heterocycles. The van der Waals surface area contributed by atoms with Crippen LogP contribution in [0.2, 0.25) is 0 Å². The molecule has 0 radical (unpaired) electrons. The molecule has 4 aromatic rings. The van der Waals surface area contributed by atoms with Crippen LogP contribution in [0.5, 0.6) is 5.75 Å². The molecule has 1 aromatic carbocycles. The maximum absolute atomic E-state index is 11.5. The van der Waals surface area contributed by atoms with E-state index in [4.69, 9.17) is 9.26 Å². The largest absolute Gasteiger partial charge is 0.488 e. The average molecular weight is 512 g/mol. The van der Waals surface area contributed by atoms with Gasteiger partial charge in [-0.25, -0.2) is 15.0 Å². The topological polar surface area (TPSA) is 123 Å². The zero-order valence-electron chi connectivity index (χ0n) is 21.1.